The molecule has 112 valence electrons. The second kappa shape index (κ2) is 4.84. The van der Waals surface area contributed by atoms with Crippen LogP contribution in [0.25, 0.3) is 0 Å². The molecule has 1 atom stereocenters. The average Bonchev–Trinajstić information content (AvgIpc) is 2.97. The molecule has 2 fully saturated rings. The fraction of sp³-hybridized carbons (Fsp3) is 0.692. The maximum Gasteiger partial charge on any atom is 0.247 e. The summed E-state index contributed by atoms with van der Waals surface area (Å²) in [6.45, 7) is 5.55. The van der Waals surface area contributed by atoms with E-state index in [0.29, 0.717) is 50.9 Å². The number of rotatable bonds is 2. The summed E-state index contributed by atoms with van der Waals surface area (Å²) in [7, 11) is -3.58. The molecule has 7 heteroatoms. The highest BCUT2D eigenvalue weighted by atomic mass is 32.2. The zero-order chi connectivity index (χ0) is 14.4. The Hall–Kier alpha value is -0.890. The van der Waals surface area contributed by atoms with Gasteiger partial charge in [0.05, 0.1) is 25.4 Å². The molecule has 1 spiro atoms. The highest BCUT2D eigenvalue weighted by molar-refractivity contribution is 7.89. The van der Waals surface area contributed by atoms with E-state index in [2.05, 4.69) is 0 Å². The highest BCUT2D eigenvalue weighted by Gasteiger charge is 2.49. The highest BCUT2D eigenvalue weighted by Crippen LogP contribution is 2.35. The van der Waals surface area contributed by atoms with Gasteiger partial charge in [0.15, 0.2) is 0 Å². The van der Waals surface area contributed by atoms with Crippen LogP contribution >= 0.6 is 0 Å². The molecule has 0 saturated carbocycles. The molecule has 1 aromatic heterocycles. The predicted molar refractivity (Wildman–Crippen MR) is 71.1 cm³/mol. The molecule has 1 aromatic rings. The Morgan fingerprint density at radius 3 is 2.45 bits per heavy atom. The standard InChI is InChI=1S/C13H19NO5S/c1-10-7-12(11(2)19-10)20(15,16)14-4-6-18-9-13(14)3-5-17-8-13/h7H,3-6,8-9H2,1-2H3/t13-/m0/s1. The Bertz CT molecular complexity index is 600. The molecule has 20 heavy (non-hydrogen) atoms. The van der Waals surface area contributed by atoms with Gasteiger partial charge in [-0.15, -0.1) is 0 Å². The minimum Gasteiger partial charge on any atom is -0.465 e. The van der Waals surface area contributed by atoms with Crippen LogP contribution in [0, 0.1) is 13.8 Å². The van der Waals surface area contributed by atoms with Crippen LogP contribution in [0.5, 0.6) is 0 Å². The van der Waals surface area contributed by atoms with Crippen LogP contribution in [0.4, 0.5) is 0 Å². The first-order valence-corrected chi connectivity index (χ1v) is 8.15. The molecule has 0 unspecified atom stereocenters. The minimum absolute atomic E-state index is 0.253. The van der Waals surface area contributed by atoms with E-state index in [-0.39, 0.29) is 4.90 Å². The van der Waals surface area contributed by atoms with Crippen molar-refractivity contribution in [3.05, 3.63) is 17.6 Å². The quantitative estimate of drug-likeness (QED) is 0.817. The summed E-state index contributed by atoms with van der Waals surface area (Å²) in [6.07, 6.45) is 0.669. The SMILES string of the molecule is Cc1cc(S(=O)(=O)N2CCOC[C@@]23CCOC3)c(C)o1. The van der Waals surface area contributed by atoms with Crippen LogP contribution in [0.2, 0.25) is 0 Å². The molecule has 0 bridgehead atoms. The Kier molecular flexibility index (Phi) is 3.40. The molecule has 6 nitrogen and oxygen atoms in total. The third kappa shape index (κ3) is 2.09. The second-order valence-electron chi connectivity index (χ2n) is 5.43. The molecule has 2 aliphatic heterocycles. The normalized spacial score (nSPS) is 28.3. The lowest BCUT2D eigenvalue weighted by molar-refractivity contribution is -0.0293. The lowest BCUT2D eigenvalue weighted by Crippen LogP contribution is -2.59. The maximum absolute atomic E-state index is 12.9. The van der Waals surface area contributed by atoms with Gasteiger partial charge < -0.3 is 13.9 Å². The number of aryl methyl sites for hydroxylation is 2. The molecule has 2 aliphatic rings. The van der Waals surface area contributed by atoms with Crippen molar-refractivity contribution in [2.75, 3.05) is 33.0 Å². The van der Waals surface area contributed by atoms with Crippen LogP contribution in [0.3, 0.4) is 0 Å². The number of sulfonamides is 1. The molecule has 0 aliphatic carbocycles. The topological polar surface area (TPSA) is 69.0 Å². The molecule has 3 heterocycles. The molecule has 0 radical (unpaired) electrons. The van der Waals surface area contributed by atoms with E-state index >= 15 is 0 Å². The van der Waals surface area contributed by atoms with Gasteiger partial charge in [-0.05, 0) is 26.3 Å². The Morgan fingerprint density at radius 2 is 1.90 bits per heavy atom. The monoisotopic (exact) mass is 301 g/mol. The van der Waals surface area contributed by atoms with Crippen LogP contribution in [0.1, 0.15) is 17.9 Å². The first-order valence-electron chi connectivity index (χ1n) is 6.71. The summed E-state index contributed by atoms with van der Waals surface area (Å²) in [6, 6.07) is 1.59. The van der Waals surface area contributed by atoms with E-state index in [9.17, 15) is 8.42 Å². The van der Waals surface area contributed by atoms with Gasteiger partial charge in [-0.2, -0.15) is 4.31 Å². The maximum atomic E-state index is 12.9. The number of nitrogens with zero attached hydrogens (tertiary/aromatic N) is 1. The first-order chi connectivity index (χ1) is 9.46. The van der Waals surface area contributed by atoms with Crippen LogP contribution in [-0.4, -0.2) is 51.2 Å². The molecular weight excluding hydrogens is 282 g/mol. The van der Waals surface area contributed by atoms with Gasteiger partial charge in [-0.1, -0.05) is 0 Å². The van der Waals surface area contributed by atoms with Crippen molar-refractivity contribution in [1.29, 1.82) is 0 Å². The third-order valence-electron chi connectivity index (χ3n) is 3.98. The number of ether oxygens (including phenoxy) is 2. The van der Waals surface area contributed by atoms with Gasteiger partial charge in [0.2, 0.25) is 10.0 Å². The molecule has 0 N–H and O–H groups in total. The van der Waals surface area contributed by atoms with E-state index in [4.69, 9.17) is 13.9 Å². The smallest absolute Gasteiger partial charge is 0.247 e. The summed E-state index contributed by atoms with van der Waals surface area (Å²) in [5.74, 6) is 1.04. The van der Waals surface area contributed by atoms with Gasteiger partial charge in [-0.25, -0.2) is 8.42 Å². The van der Waals surface area contributed by atoms with Crippen molar-refractivity contribution < 1.29 is 22.3 Å². The van der Waals surface area contributed by atoms with E-state index in [0.717, 1.165) is 0 Å². The van der Waals surface area contributed by atoms with Gasteiger partial charge in [0, 0.05) is 13.2 Å². The van der Waals surface area contributed by atoms with Gasteiger partial charge in [-0.3, -0.25) is 0 Å². The van der Waals surface area contributed by atoms with Crippen LogP contribution in [-0.2, 0) is 19.5 Å². The Morgan fingerprint density at radius 1 is 1.20 bits per heavy atom. The first kappa shape index (κ1) is 14.1. The number of hydrogen-bond donors (Lipinski definition) is 0. The number of furan rings is 1. The summed E-state index contributed by atoms with van der Waals surface area (Å²) < 4.78 is 43.7. The predicted octanol–water partition coefficient (Wildman–Crippen LogP) is 1.08. The van der Waals surface area contributed by atoms with E-state index in [1.807, 2.05) is 0 Å². The van der Waals surface area contributed by atoms with E-state index in [1.165, 1.54) is 0 Å². The Labute approximate surface area is 118 Å². The fourth-order valence-electron chi connectivity index (χ4n) is 2.98. The summed E-state index contributed by atoms with van der Waals surface area (Å²) in [5, 5.41) is 0. The van der Waals surface area contributed by atoms with Crippen molar-refractivity contribution in [2.45, 2.75) is 30.7 Å². The second-order valence-corrected chi connectivity index (χ2v) is 7.26. The number of hydrogen-bond acceptors (Lipinski definition) is 5. The van der Waals surface area contributed by atoms with Gasteiger partial charge >= 0.3 is 0 Å². The van der Waals surface area contributed by atoms with Crippen molar-refractivity contribution in [1.82, 2.24) is 4.31 Å². The minimum atomic E-state index is -3.58. The largest absolute Gasteiger partial charge is 0.465 e. The Balaban J connectivity index is 2.03. The zero-order valence-corrected chi connectivity index (χ0v) is 12.5. The molecule has 3 rings (SSSR count). The number of morpholine rings is 1. The van der Waals surface area contributed by atoms with Crippen molar-refractivity contribution in [3.63, 3.8) is 0 Å². The van der Waals surface area contributed by atoms with Crippen molar-refractivity contribution in [3.8, 4) is 0 Å². The summed E-state index contributed by atoms with van der Waals surface area (Å²) in [4.78, 5) is 0.253. The van der Waals surface area contributed by atoms with E-state index < -0.39 is 15.6 Å². The van der Waals surface area contributed by atoms with Gasteiger partial charge in [0.1, 0.15) is 16.4 Å². The third-order valence-corrected chi connectivity index (χ3v) is 6.10. The van der Waals surface area contributed by atoms with Gasteiger partial charge in [0.25, 0.3) is 0 Å². The fourth-order valence-corrected chi connectivity index (χ4v) is 4.96. The molecule has 0 aromatic carbocycles. The van der Waals surface area contributed by atoms with E-state index in [1.54, 1.807) is 24.2 Å². The lowest BCUT2D eigenvalue weighted by Gasteiger charge is -2.42. The molecule has 0 amide bonds. The van der Waals surface area contributed by atoms with Crippen molar-refractivity contribution >= 4 is 10.0 Å². The molecular formula is C13H19NO5S. The zero-order valence-electron chi connectivity index (χ0n) is 11.7. The van der Waals surface area contributed by atoms with Crippen molar-refractivity contribution in [2.24, 2.45) is 0 Å². The summed E-state index contributed by atoms with van der Waals surface area (Å²) in [5.41, 5.74) is -0.561. The van der Waals surface area contributed by atoms with Crippen LogP contribution in [0.15, 0.2) is 15.4 Å². The van der Waals surface area contributed by atoms with Crippen LogP contribution < -0.4 is 0 Å². The molecule has 2 saturated heterocycles. The summed E-state index contributed by atoms with van der Waals surface area (Å²) >= 11 is 0. The average molecular weight is 301 g/mol. The lowest BCUT2D eigenvalue weighted by atomic mass is 9.99.